The molecule has 0 unspecified atom stereocenters. The molecule has 92 valence electrons. The summed E-state index contributed by atoms with van der Waals surface area (Å²) in [7, 11) is 1.86. The van der Waals surface area contributed by atoms with Gasteiger partial charge in [-0.15, -0.1) is 5.10 Å². The molecule has 3 aromatic heterocycles. The number of aromatic nitrogens is 5. The van der Waals surface area contributed by atoms with E-state index in [-0.39, 0.29) is 5.82 Å². The van der Waals surface area contributed by atoms with E-state index in [0.29, 0.717) is 18.1 Å². The SMILES string of the molecule is Cn1cc(CNc2nc3ccc(F)cn3n2)cn1. The molecule has 7 heteroatoms. The monoisotopic (exact) mass is 246 g/mol. The maximum Gasteiger partial charge on any atom is 0.243 e. The molecule has 0 saturated heterocycles. The second kappa shape index (κ2) is 4.10. The van der Waals surface area contributed by atoms with Crippen LogP contribution in [0.2, 0.25) is 0 Å². The van der Waals surface area contributed by atoms with Gasteiger partial charge in [0.2, 0.25) is 5.95 Å². The van der Waals surface area contributed by atoms with Crippen LogP contribution in [0, 0.1) is 5.82 Å². The van der Waals surface area contributed by atoms with E-state index >= 15 is 0 Å². The van der Waals surface area contributed by atoms with E-state index in [9.17, 15) is 4.39 Å². The lowest BCUT2D eigenvalue weighted by molar-refractivity contribution is 0.615. The molecular formula is C11H11FN6. The topological polar surface area (TPSA) is 60.0 Å². The highest BCUT2D eigenvalue weighted by atomic mass is 19.1. The van der Waals surface area contributed by atoms with Crippen LogP contribution >= 0.6 is 0 Å². The molecule has 0 atom stereocenters. The average Bonchev–Trinajstić information content (AvgIpc) is 2.92. The van der Waals surface area contributed by atoms with Gasteiger partial charge in [-0.1, -0.05) is 0 Å². The fourth-order valence-corrected chi connectivity index (χ4v) is 1.68. The van der Waals surface area contributed by atoms with Gasteiger partial charge in [-0.2, -0.15) is 10.1 Å². The Morgan fingerprint density at radius 2 is 2.22 bits per heavy atom. The zero-order valence-electron chi connectivity index (χ0n) is 9.71. The summed E-state index contributed by atoms with van der Waals surface area (Å²) in [6.45, 7) is 0.577. The van der Waals surface area contributed by atoms with Gasteiger partial charge < -0.3 is 5.32 Å². The molecule has 0 fully saturated rings. The van der Waals surface area contributed by atoms with Crippen LogP contribution in [-0.2, 0) is 13.6 Å². The van der Waals surface area contributed by atoms with E-state index in [1.54, 1.807) is 16.9 Å². The van der Waals surface area contributed by atoms with Gasteiger partial charge in [0, 0.05) is 25.4 Å². The average molecular weight is 246 g/mol. The summed E-state index contributed by atoms with van der Waals surface area (Å²) in [5.74, 6) is 0.121. The van der Waals surface area contributed by atoms with Crippen molar-refractivity contribution in [3.8, 4) is 0 Å². The molecule has 0 aromatic carbocycles. The van der Waals surface area contributed by atoms with Gasteiger partial charge in [0.15, 0.2) is 5.65 Å². The second-order valence-corrected chi connectivity index (χ2v) is 3.96. The summed E-state index contributed by atoms with van der Waals surface area (Å²) in [5, 5.41) is 11.3. The lowest BCUT2D eigenvalue weighted by atomic mass is 10.4. The minimum absolute atomic E-state index is 0.341. The first-order valence-corrected chi connectivity index (χ1v) is 5.44. The van der Waals surface area contributed by atoms with Crippen molar-refractivity contribution in [1.82, 2.24) is 24.4 Å². The highest BCUT2D eigenvalue weighted by Gasteiger charge is 2.04. The number of pyridine rings is 1. The van der Waals surface area contributed by atoms with Gasteiger partial charge in [0.1, 0.15) is 5.82 Å². The van der Waals surface area contributed by atoms with Crippen LogP contribution in [0.1, 0.15) is 5.56 Å². The highest BCUT2D eigenvalue weighted by molar-refractivity contribution is 5.43. The Morgan fingerprint density at radius 3 is 3.00 bits per heavy atom. The van der Waals surface area contributed by atoms with Crippen LogP contribution in [0.25, 0.3) is 5.65 Å². The number of rotatable bonds is 3. The van der Waals surface area contributed by atoms with Crippen LogP contribution in [0.4, 0.5) is 10.3 Å². The van der Waals surface area contributed by atoms with Gasteiger partial charge in [-0.05, 0) is 12.1 Å². The van der Waals surface area contributed by atoms with E-state index in [2.05, 4.69) is 20.5 Å². The normalized spacial score (nSPS) is 11.0. The highest BCUT2D eigenvalue weighted by Crippen LogP contribution is 2.08. The summed E-state index contributed by atoms with van der Waals surface area (Å²) < 4.78 is 16.1. The number of hydrogen-bond acceptors (Lipinski definition) is 4. The molecule has 1 N–H and O–H groups in total. The molecule has 0 amide bonds. The van der Waals surface area contributed by atoms with E-state index < -0.39 is 0 Å². The predicted molar refractivity (Wildman–Crippen MR) is 63.5 cm³/mol. The Balaban J connectivity index is 1.78. The molecule has 6 nitrogen and oxygen atoms in total. The van der Waals surface area contributed by atoms with Crippen LogP contribution in [0.3, 0.4) is 0 Å². The molecule has 0 bridgehead atoms. The van der Waals surface area contributed by atoms with E-state index in [4.69, 9.17) is 0 Å². The quantitative estimate of drug-likeness (QED) is 0.754. The molecular weight excluding hydrogens is 235 g/mol. The van der Waals surface area contributed by atoms with Gasteiger partial charge >= 0.3 is 0 Å². The Hall–Kier alpha value is -2.44. The Labute approximate surface area is 102 Å². The van der Waals surface area contributed by atoms with E-state index in [1.165, 1.54) is 16.8 Å². The van der Waals surface area contributed by atoms with Crippen LogP contribution in [-0.4, -0.2) is 24.4 Å². The minimum atomic E-state index is -0.341. The number of anilines is 1. The first-order chi connectivity index (χ1) is 8.70. The zero-order chi connectivity index (χ0) is 12.5. The molecule has 0 saturated carbocycles. The largest absolute Gasteiger partial charge is 0.349 e. The lowest BCUT2D eigenvalue weighted by Gasteiger charge is -1.96. The minimum Gasteiger partial charge on any atom is -0.349 e. The van der Waals surface area contributed by atoms with Crippen molar-refractivity contribution >= 4 is 11.6 Å². The summed E-state index contributed by atoms with van der Waals surface area (Å²) in [6.07, 6.45) is 4.96. The number of nitrogens with one attached hydrogen (secondary N) is 1. The Kier molecular flexibility index (Phi) is 2.44. The number of fused-ring (bicyclic) bond motifs is 1. The third kappa shape index (κ3) is 2.02. The summed E-state index contributed by atoms with van der Waals surface area (Å²) in [4.78, 5) is 4.22. The Morgan fingerprint density at radius 1 is 1.33 bits per heavy atom. The lowest BCUT2D eigenvalue weighted by Crippen LogP contribution is -2.00. The third-order valence-corrected chi connectivity index (χ3v) is 2.50. The summed E-state index contributed by atoms with van der Waals surface area (Å²) in [6, 6.07) is 2.94. The maximum atomic E-state index is 13.0. The first-order valence-electron chi connectivity index (χ1n) is 5.44. The smallest absolute Gasteiger partial charge is 0.243 e. The molecule has 0 radical (unpaired) electrons. The fraction of sp³-hybridized carbons (Fsp3) is 0.182. The van der Waals surface area contributed by atoms with Crippen molar-refractivity contribution in [1.29, 1.82) is 0 Å². The van der Waals surface area contributed by atoms with Crippen LogP contribution < -0.4 is 5.32 Å². The molecule has 0 spiro atoms. The standard InChI is InChI=1S/C11H11FN6/c1-17-6-8(5-14-17)4-13-11-15-10-3-2-9(12)7-18(10)16-11/h2-3,5-7H,4H2,1H3,(H,13,16). The van der Waals surface area contributed by atoms with Gasteiger partial charge in [-0.25, -0.2) is 8.91 Å². The summed E-state index contributed by atoms with van der Waals surface area (Å²) in [5.41, 5.74) is 1.63. The van der Waals surface area contributed by atoms with Gasteiger partial charge in [-0.3, -0.25) is 4.68 Å². The Bertz CT molecular complexity index is 686. The first kappa shape index (κ1) is 10.7. The fourth-order valence-electron chi connectivity index (χ4n) is 1.68. The molecule has 3 aromatic rings. The zero-order valence-corrected chi connectivity index (χ0v) is 9.71. The van der Waals surface area contributed by atoms with Gasteiger partial charge in [0.25, 0.3) is 0 Å². The van der Waals surface area contributed by atoms with Gasteiger partial charge in [0.05, 0.1) is 12.4 Å². The number of aryl methyl sites for hydroxylation is 1. The number of nitrogens with zero attached hydrogens (tertiary/aromatic N) is 5. The van der Waals surface area contributed by atoms with Crippen molar-refractivity contribution in [2.75, 3.05) is 5.32 Å². The number of halogens is 1. The van der Waals surface area contributed by atoms with Crippen molar-refractivity contribution in [3.63, 3.8) is 0 Å². The van der Waals surface area contributed by atoms with Crippen LogP contribution in [0.15, 0.2) is 30.7 Å². The van der Waals surface area contributed by atoms with E-state index in [1.807, 2.05) is 13.2 Å². The van der Waals surface area contributed by atoms with E-state index in [0.717, 1.165) is 5.56 Å². The number of hydrogen-bond donors (Lipinski definition) is 1. The van der Waals surface area contributed by atoms with Crippen molar-refractivity contribution in [3.05, 3.63) is 42.1 Å². The molecule has 3 heterocycles. The predicted octanol–water partition coefficient (Wildman–Crippen LogP) is 1.21. The molecule has 3 rings (SSSR count). The molecule has 0 aliphatic heterocycles. The molecule has 18 heavy (non-hydrogen) atoms. The van der Waals surface area contributed by atoms with Crippen molar-refractivity contribution < 1.29 is 4.39 Å². The molecule has 0 aliphatic carbocycles. The second-order valence-electron chi connectivity index (χ2n) is 3.96. The van der Waals surface area contributed by atoms with Crippen molar-refractivity contribution in [2.45, 2.75) is 6.54 Å². The third-order valence-electron chi connectivity index (χ3n) is 2.50. The molecule has 0 aliphatic rings. The maximum absolute atomic E-state index is 13.0. The van der Waals surface area contributed by atoms with Crippen molar-refractivity contribution in [2.24, 2.45) is 7.05 Å². The summed E-state index contributed by atoms with van der Waals surface area (Å²) >= 11 is 0. The van der Waals surface area contributed by atoms with Crippen LogP contribution in [0.5, 0.6) is 0 Å².